The molecule has 6 heteroatoms. The summed E-state index contributed by atoms with van der Waals surface area (Å²) < 4.78 is 23.0. The molecule has 1 aromatic carbocycles. The fraction of sp³-hybridized carbons (Fsp3) is 0.731. The Bertz CT molecular complexity index is 838. The fourth-order valence-electron chi connectivity index (χ4n) is 6.64. The van der Waals surface area contributed by atoms with E-state index in [-0.39, 0.29) is 34.8 Å². The molecule has 3 aliphatic rings. The van der Waals surface area contributed by atoms with Crippen LogP contribution in [0.15, 0.2) is 18.2 Å². The number of methoxy groups -OCH3 is 2. The Labute approximate surface area is 192 Å². The summed E-state index contributed by atoms with van der Waals surface area (Å²) in [6, 6.07) is 6.31. The quantitative estimate of drug-likeness (QED) is 0.602. The second kappa shape index (κ2) is 8.86. The predicted molar refractivity (Wildman–Crippen MR) is 123 cm³/mol. The summed E-state index contributed by atoms with van der Waals surface area (Å²) in [5.41, 5.74) is 1.30. The van der Waals surface area contributed by atoms with Crippen molar-refractivity contribution in [3.05, 3.63) is 23.8 Å². The molecular formula is C26H39NO5. The Morgan fingerprint density at radius 1 is 1.22 bits per heavy atom. The Balaban J connectivity index is 1.63. The smallest absolute Gasteiger partial charge is 0.222 e. The highest BCUT2D eigenvalue weighted by Gasteiger charge is 2.68. The molecule has 1 aromatic rings. The molecule has 32 heavy (non-hydrogen) atoms. The molecule has 0 aromatic heterocycles. The minimum atomic E-state index is -0.0104. The lowest BCUT2D eigenvalue weighted by atomic mass is 9.58. The average Bonchev–Trinajstić information content (AvgIpc) is 3.26. The number of benzene rings is 1. The highest BCUT2D eigenvalue weighted by atomic mass is 16.5. The zero-order chi connectivity index (χ0) is 23.1. The summed E-state index contributed by atoms with van der Waals surface area (Å²) in [4.78, 5) is 12.7. The number of nitrogens with one attached hydrogen (secondary N) is 1. The number of hydrogen-bond donors (Lipinski definition) is 1. The van der Waals surface area contributed by atoms with Crippen LogP contribution in [0.1, 0.15) is 58.6 Å². The Morgan fingerprint density at radius 3 is 2.69 bits per heavy atom. The second-order valence-electron chi connectivity index (χ2n) is 10.7. The summed E-state index contributed by atoms with van der Waals surface area (Å²) in [7, 11) is 3.32. The third kappa shape index (κ3) is 3.79. The van der Waals surface area contributed by atoms with Gasteiger partial charge in [-0.1, -0.05) is 33.8 Å². The normalized spacial score (nSPS) is 32.6. The molecule has 1 N–H and O–H groups in total. The zero-order valence-electron chi connectivity index (χ0n) is 20.4. The van der Waals surface area contributed by atoms with Crippen LogP contribution in [-0.2, 0) is 14.3 Å². The van der Waals surface area contributed by atoms with E-state index in [9.17, 15) is 4.79 Å². The van der Waals surface area contributed by atoms with Crippen molar-refractivity contribution in [1.29, 1.82) is 0 Å². The summed E-state index contributed by atoms with van der Waals surface area (Å²) in [5, 5.41) is 3.47. The van der Waals surface area contributed by atoms with Crippen molar-refractivity contribution < 1.29 is 23.7 Å². The van der Waals surface area contributed by atoms with Crippen LogP contribution in [-0.4, -0.2) is 46.0 Å². The lowest BCUT2D eigenvalue weighted by molar-refractivity contribution is -0.139. The molecule has 1 saturated heterocycles. The van der Waals surface area contributed by atoms with E-state index in [0.717, 1.165) is 24.2 Å². The van der Waals surface area contributed by atoms with E-state index < -0.39 is 0 Å². The number of carbonyl (C=O) groups excluding carboxylic acids is 1. The number of ether oxygens (including phenoxy) is 4. The largest absolute Gasteiger partial charge is 0.493 e. The minimum absolute atomic E-state index is 0.000941. The van der Waals surface area contributed by atoms with Gasteiger partial charge in [-0.15, -0.1) is 0 Å². The van der Waals surface area contributed by atoms with Crippen LogP contribution in [0, 0.1) is 28.6 Å². The molecule has 1 aliphatic heterocycles. The third-order valence-corrected chi connectivity index (χ3v) is 8.38. The van der Waals surface area contributed by atoms with Gasteiger partial charge in [-0.2, -0.15) is 0 Å². The lowest BCUT2D eigenvalue weighted by Crippen LogP contribution is -2.59. The van der Waals surface area contributed by atoms with Crippen molar-refractivity contribution in [2.75, 3.05) is 34.0 Å². The first-order valence-corrected chi connectivity index (χ1v) is 12.0. The monoisotopic (exact) mass is 445 g/mol. The van der Waals surface area contributed by atoms with E-state index in [4.69, 9.17) is 18.9 Å². The van der Waals surface area contributed by atoms with Gasteiger partial charge in [0.2, 0.25) is 5.91 Å². The standard InChI is InChI=1S/C26H39NO5/c1-16(2)23(28)27-24-25(3,4)18-14-19-22(32-10-9-26(19,24)15-18)17-7-8-20(30-6)21(13-17)31-12-11-29-5/h7-8,13,16,18-19,22,24H,9-12,14-15H2,1-6H3,(H,27,28)/t18-,19-,22-,24+,26-/m1/s1. The first kappa shape index (κ1) is 23.4. The van der Waals surface area contributed by atoms with Gasteiger partial charge in [0, 0.05) is 25.7 Å². The van der Waals surface area contributed by atoms with Gasteiger partial charge in [0.15, 0.2) is 11.5 Å². The van der Waals surface area contributed by atoms with E-state index >= 15 is 0 Å². The van der Waals surface area contributed by atoms with E-state index in [2.05, 4.69) is 31.3 Å². The molecule has 1 heterocycles. The van der Waals surface area contributed by atoms with Gasteiger partial charge in [-0.25, -0.2) is 0 Å². The second-order valence-corrected chi connectivity index (χ2v) is 10.7. The third-order valence-electron chi connectivity index (χ3n) is 8.38. The van der Waals surface area contributed by atoms with Crippen LogP contribution >= 0.6 is 0 Å². The molecule has 1 amide bonds. The molecular weight excluding hydrogens is 406 g/mol. The van der Waals surface area contributed by atoms with Crippen molar-refractivity contribution >= 4 is 5.91 Å². The molecule has 0 unspecified atom stereocenters. The van der Waals surface area contributed by atoms with Crippen molar-refractivity contribution in [2.45, 2.75) is 59.1 Å². The van der Waals surface area contributed by atoms with Crippen LogP contribution in [0.4, 0.5) is 0 Å². The highest BCUT2D eigenvalue weighted by Crippen LogP contribution is 2.70. The number of fused-ring (bicyclic) bond motifs is 1. The Kier molecular flexibility index (Phi) is 6.47. The Hall–Kier alpha value is -1.79. The number of amides is 1. The van der Waals surface area contributed by atoms with Crippen molar-refractivity contribution in [2.24, 2.45) is 28.6 Å². The fourth-order valence-corrected chi connectivity index (χ4v) is 6.64. The minimum Gasteiger partial charge on any atom is -0.493 e. The molecule has 4 rings (SSSR count). The highest BCUT2D eigenvalue weighted by molar-refractivity contribution is 5.78. The number of rotatable bonds is 8. The molecule has 2 saturated carbocycles. The lowest BCUT2D eigenvalue weighted by Gasteiger charge is -2.53. The van der Waals surface area contributed by atoms with Crippen molar-refractivity contribution in [1.82, 2.24) is 5.32 Å². The van der Waals surface area contributed by atoms with Crippen LogP contribution in [0.25, 0.3) is 0 Å². The topological polar surface area (TPSA) is 66.0 Å². The van der Waals surface area contributed by atoms with Crippen LogP contribution in [0.3, 0.4) is 0 Å². The van der Waals surface area contributed by atoms with Crippen molar-refractivity contribution in [3.63, 3.8) is 0 Å². The predicted octanol–water partition coefficient (Wildman–Crippen LogP) is 4.38. The molecule has 178 valence electrons. The van der Waals surface area contributed by atoms with Gasteiger partial charge in [-0.05, 0) is 59.6 Å². The van der Waals surface area contributed by atoms with Gasteiger partial charge < -0.3 is 24.3 Å². The van der Waals surface area contributed by atoms with Gasteiger partial charge >= 0.3 is 0 Å². The summed E-state index contributed by atoms with van der Waals surface area (Å²) in [6.45, 7) is 10.3. The maximum absolute atomic E-state index is 12.7. The molecule has 6 nitrogen and oxygen atoms in total. The van der Waals surface area contributed by atoms with Crippen LogP contribution < -0.4 is 14.8 Å². The van der Waals surface area contributed by atoms with Crippen LogP contribution in [0.5, 0.6) is 11.5 Å². The molecule has 1 spiro atoms. The van der Waals surface area contributed by atoms with Crippen molar-refractivity contribution in [3.8, 4) is 11.5 Å². The molecule has 0 radical (unpaired) electrons. The molecule has 3 fully saturated rings. The van der Waals surface area contributed by atoms with E-state index in [1.54, 1.807) is 14.2 Å². The number of hydrogen-bond acceptors (Lipinski definition) is 5. The van der Waals surface area contributed by atoms with Gasteiger partial charge in [0.25, 0.3) is 0 Å². The molecule has 2 aliphatic carbocycles. The van der Waals surface area contributed by atoms with Crippen LogP contribution in [0.2, 0.25) is 0 Å². The van der Waals surface area contributed by atoms with E-state index in [1.165, 1.54) is 6.42 Å². The first-order chi connectivity index (χ1) is 15.2. The number of carbonyl (C=O) groups is 1. The summed E-state index contributed by atoms with van der Waals surface area (Å²) in [6.07, 6.45) is 3.31. The Morgan fingerprint density at radius 2 is 2.00 bits per heavy atom. The zero-order valence-corrected chi connectivity index (χ0v) is 20.4. The van der Waals surface area contributed by atoms with Gasteiger partial charge in [0.1, 0.15) is 6.61 Å². The van der Waals surface area contributed by atoms with Gasteiger partial charge in [-0.3, -0.25) is 4.79 Å². The maximum atomic E-state index is 12.7. The van der Waals surface area contributed by atoms with E-state index in [1.807, 2.05) is 19.9 Å². The van der Waals surface area contributed by atoms with Gasteiger partial charge in [0.05, 0.1) is 19.8 Å². The molecule has 5 atom stereocenters. The first-order valence-electron chi connectivity index (χ1n) is 12.0. The summed E-state index contributed by atoms with van der Waals surface area (Å²) >= 11 is 0. The SMILES string of the molecule is COCCOc1cc([C@H]2OCC[C@@]34C[C@@H](C[C@H]23)C(C)(C)[C@@H]4NC(=O)C(C)C)ccc1OC. The summed E-state index contributed by atoms with van der Waals surface area (Å²) in [5.74, 6) is 2.55. The maximum Gasteiger partial charge on any atom is 0.222 e. The molecule has 2 bridgehead atoms. The van der Waals surface area contributed by atoms with E-state index in [0.29, 0.717) is 37.4 Å². The average molecular weight is 446 g/mol.